The summed E-state index contributed by atoms with van der Waals surface area (Å²) in [6.45, 7) is 0. The molecular formula is C24H19N3O3S. The van der Waals surface area contributed by atoms with Gasteiger partial charge in [-0.3, -0.25) is 15.6 Å². The fourth-order valence-corrected chi connectivity index (χ4v) is 3.15. The van der Waals surface area contributed by atoms with E-state index in [0.717, 1.165) is 22.2 Å². The number of thiocarbonyl (C=S) groups is 1. The van der Waals surface area contributed by atoms with Gasteiger partial charge in [0, 0.05) is 5.69 Å². The molecule has 0 saturated heterocycles. The molecule has 0 spiro atoms. The zero-order chi connectivity index (χ0) is 21.6. The molecule has 154 valence electrons. The van der Waals surface area contributed by atoms with E-state index in [0.29, 0.717) is 5.75 Å². The molecule has 0 aliphatic heterocycles. The highest BCUT2D eigenvalue weighted by atomic mass is 32.1. The Labute approximate surface area is 184 Å². The number of anilines is 1. The molecule has 0 saturated carbocycles. The topological polar surface area (TPSA) is 82.6 Å². The van der Waals surface area contributed by atoms with Crippen molar-refractivity contribution < 1.29 is 14.6 Å². The number of aromatic hydroxyl groups is 1. The predicted octanol–water partition coefficient (Wildman–Crippen LogP) is 4.97. The fourth-order valence-electron chi connectivity index (χ4n) is 2.98. The van der Waals surface area contributed by atoms with E-state index >= 15 is 0 Å². The third-order valence-corrected chi connectivity index (χ3v) is 4.69. The van der Waals surface area contributed by atoms with E-state index < -0.39 is 5.91 Å². The first-order chi connectivity index (χ1) is 15.1. The molecule has 0 atom stereocenters. The van der Waals surface area contributed by atoms with Crippen LogP contribution >= 0.6 is 12.2 Å². The van der Waals surface area contributed by atoms with Crippen LogP contribution in [0.4, 0.5) is 5.69 Å². The Hall–Kier alpha value is -4.10. The molecule has 0 aliphatic carbocycles. The average Bonchev–Trinajstić information content (AvgIpc) is 2.79. The number of ether oxygens (including phenoxy) is 1. The first-order valence-electron chi connectivity index (χ1n) is 9.50. The van der Waals surface area contributed by atoms with Crippen molar-refractivity contribution in [1.82, 2.24) is 10.9 Å². The van der Waals surface area contributed by atoms with Crippen LogP contribution in [0.1, 0.15) is 10.4 Å². The smallest absolute Gasteiger partial charge is 0.273 e. The number of amides is 1. The third-order valence-electron chi connectivity index (χ3n) is 4.49. The summed E-state index contributed by atoms with van der Waals surface area (Å²) in [5, 5.41) is 15.0. The molecule has 4 rings (SSSR count). The summed E-state index contributed by atoms with van der Waals surface area (Å²) < 4.78 is 5.75. The van der Waals surface area contributed by atoms with Crippen molar-refractivity contribution >= 4 is 39.7 Å². The minimum absolute atomic E-state index is 0.106. The monoisotopic (exact) mass is 429 g/mol. The van der Waals surface area contributed by atoms with E-state index in [2.05, 4.69) is 16.2 Å². The number of para-hydroxylation sites is 1. The van der Waals surface area contributed by atoms with Crippen LogP contribution in [0.25, 0.3) is 10.8 Å². The summed E-state index contributed by atoms with van der Waals surface area (Å²) in [6, 6.07) is 27.4. The largest absolute Gasteiger partial charge is 0.507 e. The second kappa shape index (κ2) is 9.15. The van der Waals surface area contributed by atoms with Crippen molar-refractivity contribution in [2.24, 2.45) is 0 Å². The number of hydrogen-bond acceptors (Lipinski definition) is 4. The number of phenolic OH excluding ortho intramolecular Hbond substituents is 1. The van der Waals surface area contributed by atoms with Gasteiger partial charge in [-0.2, -0.15) is 0 Å². The van der Waals surface area contributed by atoms with Crippen LogP contribution in [0.5, 0.6) is 17.2 Å². The van der Waals surface area contributed by atoms with Gasteiger partial charge in [0.05, 0.1) is 5.56 Å². The average molecular weight is 430 g/mol. The number of carbonyl (C=O) groups is 1. The highest BCUT2D eigenvalue weighted by molar-refractivity contribution is 7.80. The van der Waals surface area contributed by atoms with Crippen molar-refractivity contribution in [3.8, 4) is 17.2 Å². The Bertz CT molecular complexity index is 1230. The van der Waals surface area contributed by atoms with E-state index in [1.807, 2.05) is 78.9 Å². The molecule has 0 radical (unpaired) electrons. The summed E-state index contributed by atoms with van der Waals surface area (Å²) in [7, 11) is 0. The van der Waals surface area contributed by atoms with Crippen LogP contribution < -0.4 is 20.9 Å². The Balaban J connectivity index is 1.33. The van der Waals surface area contributed by atoms with E-state index in [-0.39, 0.29) is 16.4 Å². The minimum atomic E-state index is -0.501. The van der Waals surface area contributed by atoms with Crippen molar-refractivity contribution in [3.63, 3.8) is 0 Å². The summed E-state index contributed by atoms with van der Waals surface area (Å²) in [5.41, 5.74) is 6.00. The molecule has 0 aromatic heterocycles. The number of nitrogens with one attached hydrogen (secondary N) is 3. The van der Waals surface area contributed by atoms with Gasteiger partial charge in [0.25, 0.3) is 5.91 Å². The van der Waals surface area contributed by atoms with Gasteiger partial charge in [-0.1, -0.05) is 42.5 Å². The van der Waals surface area contributed by atoms with E-state index in [4.69, 9.17) is 17.0 Å². The quantitative estimate of drug-likeness (QED) is 0.271. The van der Waals surface area contributed by atoms with Crippen molar-refractivity contribution in [1.29, 1.82) is 0 Å². The van der Waals surface area contributed by atoms with Gasteiger partial charge < -0.3 is 15.2 Å². The highest BCUT2D eigenvalue weighted by Crippen LogP contribution is 2.25. The van der Waals surface area contributed by atoms with Gasteiger partial charge in [-0.25, -0.2) is 0 Å². The molecule has 4 aromatic rings. The SMILES string of the molecule is O=C(NNC(=S)Nc1ccc(Oc2ccccc2)cc1)c1cc2ccccc2cc1O. The maximum absolute atomic E-state index is 12.4. The molecular weight excluding hydrogens is 410 g/mol. The molecule has 6 nitrogen and oxygen atoms in total. The number of carbonyl (C=O) groups excluding carboxylic acids is 1. The Morgan fingerprint density at radius 1 is 0.774 bits per heavy atom. The van der Waals surface area contributed by atoms with Crippen LogP contribution in [0, 0.1) is 0 Å². The Morgan fingerprint density at radius 3 is 2.10 bits per heavy atom. The number of benzene rings is 4. The number of rotatable bonds is 4. The van der Waals surface area contributed by atoms with Gasteiger partial charge in [-0.05, 0) is 71.5 Å². The molecule has 7 heteroatoms. The first kappa shape index (κ1) is 20.2. The lowest BCUT2D eigenvalue weighted by molar-refractivity contribution is 0.0941. The lowest BCUT2D eigenvalue weighted by atomic mass is 10.1. The summed E-state index contributed by atoms with van der Waals surface area (Å²) in [5.74, 6) is 0.834. The first-order valence-corrected chi connectivity index (χ1v) is 9.91. The predicted molar refractivity (Wildman–Crippen MR) is 125 cm³/mol. The maximum atomic E-state index is 12.4. The Kier molecular flexibility index (Phi) is 5.96. The lowest BCUT2D eigenvalue weighted by Gasteiger charge is -2.13. The molecule has 4 N–H and O–H groups in total. The zero-order valence-electron chi connectivity index (χ0n) is 16.3. The summed E-state index contributed by atoms with van der Waals surface area (Å²) in [6.07, 6.45) is 0. The van der Waals surface area contributed by atoms with Gasteiger partial charge in [0.15, 0.2) is 5.11 Å². The van der Waals surface area contributed by atoms with Crippen LogP contribution in [0.15, 0.2) is 91.0 Å². The zero-order valence-corrected chi connectivity index (χ0v) is 17.1. The number of hydrazine groups is 1. The molecule has 31 heavy (non-hydrogen) atoms. The highest BCUT2D eigenvalue weighted by Gasteiger charge is 2.12. The van der Waals surface area contributed by atoms with E-state index in [1.54, 1.807) is 12.1 Å². The van der Waals surface area contributed by atoms with Gasteiger partial charge in [0.2, 0.25) is 0 Å². The molecule has 4 aromatic carbocycles. The van der Waals surface area contributed by atoms with Crippen LogP contribution in [-0.2, 0) is 0 Å². The van der Waals surface area contributed by atoms with Crippen LogP contribution in [0.2, 0.25) is 0 Å². The second-order valence-electron chi connectivity index (χ2n) is 6.69. The summed E-state index contributed by atoms with van der Waals surface area (Å²) in [4.78, 5) is 12.4. The summed E-state index contributed by atoms with van der Waals surface area (Å²) >= 11 is 5.22. The second-order valence-corrected chi connectivity index (χ2v) is 7.10. The number of fused-ring (bicyclic) bond motifs is 1. The molecule has 0 fully saturated rings. The van der Waals surface area contributed by atoms with E-state index in [9.17, 15) is 9.90 Å². The van der Waals surface area contributed by atoms with Crippen molar-refractivity contribution in [3.05, 3.63) is 96.6 Å². The molecule has 1 amide bonds. The number of phenols is 1. The van der Waals surface area contributed by atoms with Crippen molar-refractivity contribution in [2.75, 3.05) is 5.32 Å². The Morgan fingerprint density at radius 2 is 1.39 bits per heavy atom. The minimum Gasteiger partial charge on any atom is -0.507 e. The third kappa shape index (κ3) is 5.09. The van der Waals surface area contributed by atoms with Crippen molar-refractivity contribution in [2.45, 2.75) is 0 Å². The van der Waals surface area contributed by atoms with E-state index in [1.165, 1.54) is 0 Å². The number of hydrogen-bond donors (Lipinski definition) is 4. The lowest BCUT2D eigenvalue weighted by Crippen LogP contribution is -2.43. The molecule has 0 bridgehead atoms. The standard InChI is InChI=1S/C24H19N3O3S/c28-22-15-17-7-5-4-6-16(17)14-21(22)23(29)26-27-24(31)25-18-10-12-20(13-11-18)30-19-8-2-1-3-9-19/h1-15,28H,(H,26,29)(H2,25,27,31). The van der Waals surface area contributed by atoms with Gasteiger partial charge >= 0.3 is 0 Å². The fraction of sp³-hybridized carbons (Fsp3) is 0. The molecule has 0 unspecified atom stereocenters. The maximum Gasteiger partial charge on any atom is 0.273 e. The molecule has 0 aliphatic rings. The normalized spacial score (nSPS) is 10.3. The van der Waals surface area contributed by atoms with Crippen LogP contribution in [-0.4, -0.2) is 16.1 Å². The van der Waals surface area contributed by atoms with Crippen LogP contribution in [0.3, 0.4) is 0 Å². The van der Waals surface area contributed by atoms with Gasteiger partial charge in [0.1, 0.15) is 17.2 Å². The van der Waals surface area contributed by atoms with Gasteiger partial charge in [-0.15, -0.1) is 0 Å². The molecule has 0 heterocycles.